The first kappa shape index (κ1) is 12.5. The Balaban J connectivity index is 2.28. The zero-order valence-corrected chi connectivity index (χ0v) is 11.1. The fraction of sp³-hybridized carbons (Fsp3) is 0. The minimum absolute atomic E-state index is 0.0499. The lowest BCUT2D eigenvalue weighted by atomic mass is 10.2. The summed E-state index contributed by atoms with van der Waals surface area (Å²) in [5, 5.41) is 13.5. The van der Waals surface area contributed by atoms with E-state index >= 15 is 0 Å². The molecule has 0 aliphatic heterocycles. The van der Waals surface area contributed by atoms with Gasteiger partial charge in [-0.2, -0.15) is 0 Å². The molecule has 0 fully saturated rings. The van der Waals surface area contributed by atoms with E-state index in [4.69, 9.17) is 22.5 Å². The summed E-state index contributed by atoms with van der Waals surface area (Å²) in [6, 6.07) is 11.0. The van der Waals surface area contributed by atoms with Crippen LogP contribution in [0.5, 0.6) is 0 Å². The van der Waals surface area contributed by atoms with Crippen molar-refractivity contribution in [2.75, 3.05) is 0 Å². The molecule has 100 valence electrons. The van der Waals surface area contributed by atoms with Gasteiger partial charge < -0.3 is 15.5 Å². The summed E-state index contributed by atoms with van der Waals surface area (Å²) < 4.78 is 1.84. The number of benzene rings is 1. The van der Waals surface area contributed by atoms with Crippen LogP contribution in [0, 0.1) is 0 Å². The number of hydrogen-bond donors (Lipinski definition) is 2. The fourth-order valence-electron chi connectivity index (χ4n) is 2.17. The van der Waals surface area contributed by atoms with E-state index in [1.807, 2.05) is 35.0 Å². The number of pyridine rings is 1. The van der Waals surface area contributed by atoms with Gasteiger partial charge in [0.05, 0.1) is 16.9 Å². The Kier molecular flexibility index (Phi) is 3.04. The SMILES string of the molecule is N/C(=N/O)c1cccn1-c1ccnc2cc(Cl)ccc12. The molecule has 0 saturated carbocycles. The van der Waals surface area contributed by atoms with E-state index in [0.29, 0.717) is 10.7 Å². The molecule has 2 heterocycles. The number of fused-ring (bicyclic) bond motifs is 1. The molecule has 3 aromatic rings. The molecule has 2 aromatic heterocycles. The zero-order chi connectivity index (χ0) is 14.1. The maximum Gasteiger partial charge on any atom is 0.187 e. The van der Waals surface area contributed by atoms with Crippen LogP contribution in [0.3, 0.4) is 0 Å². The van der Waals surface area contributed by atoms with Gasteiger partial charge in [0, 0.05) is 22.8 Å². The molecule has 0 aliphatic carbocycles. The molecular formula is C14H11ClN4O. The number of nitrogens with two attached hydrogens (primary N) is 1. The summed E-state index contributed by atoms with van der Waals surface area (Å²) in [5.74, 6) is 0.0499. The smallest absolute Gasteiger partial charge is 0.187 e. The Bertz CT molecular complexity index is 810. The summed E-state index contributed by atoms with van der Waals surface area (Å²) in [6.07, 6.45) is 3.54. The number of amidine groups is 1. The van der Waals surface area contributed by atoms with Gasteiger partial charge in [0.15, 0.2) is 5.84 Å². The third-order valence-electron chi connectivity index (χ3n) is 3.06. The van der Waals surface area contributed by atoms with Gasteiger partial charge in [-0.3, -0.25) is 4.98 Å². The average molecular weight is 287 g/mol. The van der Waals surface area contributed by atoms with Crippen LogP contribution in [0.25, 0.3) is 16.6 Å². The van der Waals surface area contributed by atoms with Crippen LogP contribution >= 0.6 is 11.6 Å². The Morgan fingerprint density at radius 2 is 2.15 bits per heavy atom. The molecule has 3 N–H and O–H groups in total. The first-order valence-corrected chi connectivity index (χ1v) is 6.28. The monoisotopic (exact) mass is 286 g/mol. The second-order valence-corrected chi connectivity index (χ2v) is 4.68. The standard InChI is InChI=1S/C14H11ClN4O/c15-9-3-4-10-11(8-9)17-6-5-12(10)19-7-1-2-13(19)14(16)18-20/h1-8,20H,(H2,16,18). The van der Waals surface area contributed by atoms with Gasteiger partial charge >= 0.3 is 0 Å². The molecule has 0 amide bonds. The quantitative estimate of drug-likeness (QED) is 0.329. The lowest BCUT2D eigenvalue weighted by Crippen LogP contribution is -2.17. The van der Waals surface area contributed by atoms with Crippen LogP contribution in [0.4, 0.5) is 0 Å². The average Bonchev–Trinajstić information content (AvgIpc) is 2.94. The first-order valence-electron chi connectivity index (χ1n) is 5.90. The van der Waals surface area contributed by atoms with Crippen molar-refractivity contribution < 1.29 is 5.21 Å². The van der Waals surface area contributed by atoms with E-state index in [9.17, 15) is 0 Å². The topological polar surface area (TPSA) is 76.4 Å². The van der Waals surface area contributed by atoms with Crippen molar-refractivity contribution in [3.8, 4) is 5.69 Å². The Morgan fingerprint density at radius 3 is 2.95 bits per heavy atom. The highest BCUT2D eigenvalue weighted by molar-refractivity contribution is 6.31. The first-order chi connectivity index (χ1) is 9.70. The van der Waals surface area contributed by atoms with E-state index in [1.54, 1.807) is 18.3 Å². The van der Waals surface area contributed by atoms with Crippen LogP contribution in [0.2, 0.25) is 5.02 Å². The second-order valence-electron chi connectivity index (χ2n) is 4.24. The molecule has 1 aromatic carbocycles. The minimum Gasteiger partial charge on any atom is -0.409 e. The van der Waals surface area contributed by atoms with Crippen LogP contribution in [0.15, 0.2) is 53.9 Å². The minimum atomic E-state index is 0.0499. The molecule has 3 rings (SSSR count). The van der Waals surface area contributed by atoms with Gasteiger partial charge in [-0.15, -0.1) is 0 Å². The molecule has 0 bridgehead atoms. The summed E-state index contributed by atoms with van der Waals surface area (Å²) >= 11 is 5.98. The Morgan fingerprint density at radius 1 is 1.30 bits per heavy atom. The summed E-state index contributed by atoms with van der Waals surface area (Å²) in [6.45, 7) is 0. The summed E-state index contributed by atoms with van der Waals surface area (Å²) in [4.78, 5) is 4.30. The highest BCUT2D eigenvalue weighted by atomic mass is 35.5. The highest BCUT2D eigenvalue weighted by Crippen LogP contribution is 2.24. The van der Waals surface area contributed by atoms with Crippen molar-refractivity contribution in [2.45, 2.75) is 0 Å². The number of hydrogen-bond acceptors (Lipinski definition) is 3. The molecule has 0 unspecified atom stereocenters. The van der Waals surface area contributed by atoms with Gasteiger partial charge in [0.2, 0.25) is 0 Å². The molecule has 6 heteroatoms. The van der Waals surface area contributed by atoms with Crippen molar-refractivity contribution in [1.29, 1.82) is 0 Å². The molecule has 0 atom stereocenters. The van der Waals surface area contributed by atoms with Crippen LogP contribution < -0.4 is 5.73 Å². The molecule has 20 heavy (non-hydrogen) atoms. The molecule has 0 spiro atoms. The second kappa shape index (κ2) is 4.86. The molecular weight excluding hydrogens is 276 g/mol. The van der Waals surface area contributed by atoms with Crippen molar-refractivity contribution in [3.05, 3.63) is 59.5 Å². The van der Waals surface area contributed by atoms with Crippen molar-refractivity contribution in [3.63, 3.8) is 0 Å². The maximum absolute atomic E-state index is 8.85. The van der Waals surface area contributed by atoms with Gasteiger partial charge in [0.1, 0.15) is 0 Å². The molecule has 5 nitrogen and oxygen atoms in total. The lowest BCUT2D eigenvalue weighted by Gasteiger charge is -2.11. The lowest BCUT2D eigenvalue weighted by molar-refractivity contribution is 0.318. The van der Waals surface area contributed by atoms with Crippen molar-refractivity contribution >= 4 is 28.3 Å². The van der Waals surface area contributed by atoms with Crippen molar-refractivity contribution in [1.82, 2.24) is 9.55 Å². The largest absolute Gasteiger partial charge is 0.409 e. The third kappa shape index (κ3) is 1.98. The predicted octanol–water partition coefficient (Wildman–Crippen LogP) is 2.77. The number of aromatic nitrogens is 2. The zero-order valence-electron chi connectivity index (χ0n) is 10.4. The van der Waals surface area contributed by atoms with Gasteiger partial charge in [-0.25, -0.2) is 0 Å². The van der Waals surface area contributed by atoms with Crippen molar-refractivity contribution in [2.24, 2.45) is 10.9 Å². The van der Waals surface area contributed by atoms with Crippen LogP contribution in [-0.4, -0.2) is 20.6 Å². The maximum atomic E-state index is 8.85. The number of oxime groups is 1. The summed E-state index contributed by atoms with van der Waals surface area (Å²) in [5.41, 5.74) is 7.97. The fourth-order valence-corrected chi connectivity index (χ4v) is 2.33. The Labute approximate surface area is 119 Å². The number of rotatable bonds is 2. The number of halogens is 1. The van der Waals surface area contributed by atoms with Gasteiger partial charge in [-0.05, 0) is 36.4 Å². The van der Waals surface area contributed by atoms with Crippen LogP contribution in [-0.2, 0) is 0 Å². The van der Waals surface area contributed by atoms with E-state index in [1.165, 1.54) is 0 Å². The van der Waals surface area contributed by atoms with E-state index in [-0.39, 0.29) is 5.84 Å². The molecule has 0 saturated heterocycles. The normalized spacial score (nSPS) is 11.9. The Hall–Kier alpha value is -2.53. The molecule has 0 radical (unpaired) electrons. The summed E-state index contributed by atoms with van der Waals surface area (Å²) in [7, 11) is 0. The predicted molar refractivity (Wildman–Crippen MR) is 78.6 cm³/mol. The van der Waals surface area contributed by atoms with Crippen LogP contribution in [0.1, 0.15) is 5.69 Å². The van der Waals surface area contributed by atoms with Gasteiger partial charge in [0.25, 0.3) is 0 Å². The highest BCUT2D eigenvalue weighted by Gasteiger charge is 2.10. The van der Waals surface area contributed by atoms with E-state index in [2.05, 4.69) is 10.1 Å². The van der Waals surface area contributed by atoms with E-state index < -0.39 is 0 Å². The number of nitrogens with zero attached hydrogens (tertiary/aromatic N) is 3. The third-order valence-corrected chi connectivity index (χ3v) is 3.30. The van der Waals surface area contributed by atoms with Gasteiger partial charge in [-0.1, -0.05) is 16.8 Å². The molecule has 0 aliphatic rings. The van der Waals surface area contributed by atoms with E-state index in [0.717, 1.165) is 16.6 Å².